The van der Waals surface area contributed by atoms with Crippen molar-refractivity contribution >= 4 is 0 Å². The molecule has 2 aliphatic heterocycles. The van der Waals surface area contributed by atoms with Gasteiger partial charge < -0.3 is 5.32 Å². The van der Waals surface area contributed by atoms with E-state index in [1.807, 2.05) is 0 Å². The third-order valence-electron chi connectivity index (χ3n) is 4.90. The van der Waals surface area contributed by atoms with Gasteiger partial charge >= 0.3 is 0 Å². The number of hydrogen-bond donors (Lipinski definition) is 1. The molecule has 0 aromatic heterocycles. The van der Waals surface area contributed by atoms with Gasteiger partial charge in [-0.05, 0) is 34.6 Å². The number of rotatable bonds is 3. The standard InChI is InChI=1S/C16H34N4/c1-15(2,3)19-12-10-18(11-13-19)14-16(4,5)20-8-6-17-7-9-20/h17H,6-14H2,1-5H3. The van der Waals surface area contributed by atoms with E-state index < -0.39 is 0 Å². The molecule has 0 atom stereocenters. The van der Waals surface area contributed by atoms with Crippen LogP contribution in [-0.4, -0.2) is 84.7 Å². The van der Waals surface area contributed by atoms with Gasteiger partial charge in [0.05, 0.1) is 0 Å². The van der Waals surface area contributed by atoms with Crippen molar-refractivity contribution in [3.8, 4) is 0 Å². The molecule has 2 aliphatic rings. The predicted molar refractivity (Wildman–Crippen MR) is 86.3 cm³/mol. The molecule has 4 heteroatoms. The Morgan fingerprint density at radius 2 is 1.30 bits per heavy atom. The van der Waals surface area contributed by atoms with Gasteiger partial charge in [0, 0.05) is 70.0 Å². The topological polar surface area (TPSA) is 21.8 Å². The molecular weight excluding hydrogens is 248 g/mol. The van der Waals surface area contributed by atoms with Gasteiger partial charge in [-0.25, -0.2) is 0 Å². The Labute approximate surface area is 125 Å². The van der Waals surface area contributed by atoms with Gasteiger partial charge in [0.1, 0.15) is 0 Å². The number of hydrogen-bond acceptors (Lipinski definition) is 4. The quantitative estimate of drug-likeness (QED) is 0.836. The maximum atomic E-state index is 3.45. The average molecular weight is 282 g/mol. The Kier molecular flexibility index (Phi) is 5.11. The van der Waals surface area contributed by atoms with E-state index in [1.165, 1.54) is 45.8 Å². The van der Waals surface area contributed by atoms with Gasteiger partial charge in [-0.15, -0.1) is 0 Å². The summed E-state index contributed by atoms with van der Waals surface area (Å²) >= 11 is 0. The first-order valence-corrected chi connectivity index (χ1v) is 8.22. The van der Waals surface area contributed by atoms with Crippen LogP contribution in [0.2, 0.25) is 0 Å². The molecule has 0 saturated carbocycles. The highest BCUT2D eigenvalue weighted by molar-refractivity contribution is 4.90. The van der Waals surface area contributed by atoms with Crippen molar-refractivity contribution in [1.29, 1.82) is 0 Å². The minimum atomic E-state index is 0.298. The van der Waals surface area contributed by atoms with Crippen LogP contribution in [0.5, 0.6) is 0 Å². The first-order valence-electron chi connectivity index (χ1n) is 8.22. The van der Waals surface area contributed by atoms with Gasteiger partial charge in [0.15, 0.2) is 0 Å². The Balaban J connectivity index is 1.82. The summed E-state index contributed by atoms with van der Waals surface area (Å²) in [6, 6.07) is 0. The second-order valence-electron chi connectivity index (χ2n) is 7.98. The van der Waals surface area contributed by atoms with Crippen LogP contribution in [0.1, 0.15) is 34.6 Å². The normalized spacial score (nSPS) is 25.1. The second-order valence-corrected chi connectivity index (χ2v) is 7.98. The van der Waals surface area contributed by atoms with E-state index in [0.29, 0.717) is 11.1 Å². The SMILES string of the molecule is CC(C)(C)N1CCN(CC(C)(C)N2CCNCC2)CC1. The van der Waals surface area contributed by atoms with E-state index in [2.05, 4.69) is 54.6 Å². The molecule has 0 aromatic rings. The van der Waals surface area contributed by atoms with E-state index in [0.717, 1.165) is 13.1 Å². The predicted octanol–water partition coefficient (Wildman–Crippen LogP) is 1.09. The average Bonchev–Trinajstić information content (AvgIpc) is 2.39. The Morgan fingerprint density at radius 3 is 1.80 bits per heavy atom. The van der Waals surface area contributed by atoms with Crippen molar-refractivity contribution in [3.63, 3.8) is 0 Å². The smallest absolute Gasteiger partial charge is 0.0281 e. The van der Waals surface area contributed by atoms with E-state index in [-0.39, 0.29) is 0 Å². The summed E-state index contributed by atoms with van der Waals surface area (Å²) in [7, 11) is 0. The minimum absolute atomic E-state index is 0.298. The summed E-state index contributed by atoms with van der Waals surface area (Å²) in [4.78, 5) is 7.92. The number of nitrogens with one attached hydrogen (secondary N) is 1. The van der Waals surface area contributed by atoms with E-state index in [1.54, 1.807) is 0 Å². The molecule has 1 N–H and O–H groups in total. The molecule has 0 aliphatic carbocycles. The van der Waals surface area contributed by atoms with Crippen LogP contribution < -0.4 is 5.32 Å². The summed E-state index contributed by atoms with van der Waals surface area (Å²) in [5.74, 6) is 0. The monoisotopic (exact) mass is 282 g/mol. The van der Waals surface area contributed by atoms with Crippen molar-refractivity contribution in [1.82, 2.24) is 20.0 Å². The lowest BCUT2D eigenvalue weighted by Gasteiger charge is -2.47. The highest BCUT2D eigenvalue weighted by atomic mass is 15.3. The lowest BCUT2D eigenvalue weighted by Crippen LogP contribution is -2.60. The van der Waals surface area contributed by atoms with Crippen molar-refractivity contribution in [3.05, 3.63) is 0 Å². The van der Waals surface area contributed by atoms with Gasteiger partial charge in [-0.3, -0.25) is 14.7 Å². The van der Waals surface area contributed by atoms with Gasteiger partial charge in [-0.2, -0.15) is 0 Å². The molecule has 0 unspecified atom stereocenters. The third-order valence-corrected chi connectivity index (χ3v) is 4.90. The molecule has 0 spiro atoms. The van der Waals surface area contributed by atoms with Crippen molar-refractivity contribution < 1.29 is 0 Å². The lowest BCUT2D eigenvalue weighted by atomic mass is 9.99. The molecule has 0 bridgehead atoms. The number of nitrogens with zero attached hydrogens (tertiary/aromatic N) is 3. The highest BCUT2D eigenvalue weighted by Gasteiger charge is 2.32. The zero-order valence-corrected chi connectivity index (χ0v) is 14.2. The molecule has 4 nitrogen and oxygen atoms in total. The lowest BCUT2D eigenvalue weighted by molar-refractivity contribution is 0.0195. The van der Waals surface area contributed by atoms with Crippen LogP contribution in [0.3, 0.4) is 0 Å². The van der Waals surface area contributed by atoms with Crippen molar-refractivity contribution in [2.75, 3.05) is 58.9 Å². The molecule has 20 heavy (non-hydrogen) atoms. The minimum Gasteiger partial charge on any atom is -0.314 e. The van der Waals surface area contributed by atoms with Gasteiger partial charge in [0.2, 0.25) is 0 Å². The molecule has 0 aromatic carbocycles. The highest BCUT2D eigenvalue weighted by Crippen LogP contribution is 2.20. The molecule has 118 valence electrons. The maximum Gasteiger partial charge on any atom is 0.0281 e. The third kappa shape index (κ3) is 4.17. The van der Waals surface area contributed by atoms with Crippen LogP contribution >= 0.6 is 0 Å². The molecule has 0 radical (unpaired) electrons. The van der Waals surface area contributed by atoms with Gasteiger partial charge in [0.25, 0.3) is 0 Å². The van der Waals surface area contributed by atoms with Crippen LogP contribution in [0.15, 0.2) is 0 Å². The van der Waals surface area contributed by atoms with Crippen molar-refractivity contribution in [2.45, 2.75) is 45.7 Å². The molecular formula is C16H34N4. The first kappa shape index (κ1) is 16.2. The Bertz CT molecular complexity index is 294. The zero-order valence-electron chi connectivity index (χ0n) is 14.2. The molecule has 2 fully saturated rings. The molecule has 0 amide bonds. The van der Waals surface area contributed by atoms with E-state index in [9.17, 15) is 0 Å². The van der Waals surface area contributed by atoms with E-state index in [4.69, 9.17) is 0 Å². The van der Waals surface area contributed by atoms with Crippen molar-refractivity contribution in [2.24, 2.45) is 0 Å². The Hall–Kier alpha value is -0.160. The van der Waals surface area contributed by atoms with Gasteiger partial charge in [-0.1, -0.05) is 0 Å². The Morgan fingerprint density at radius 1 is 0.750 bits per heavy atom. The fraction of sp³-hybridized carbons (Fsp3) is 1.00. The maximum absolute atomic E-state index is 3.45. The second kappa shape index (κ2) is 6.30. The zero-order chi connectivity index (χ0) is 14.8. The van der Waals surface area contributed by atoms with Crippen LogP contribution in [0, 0.1) is 0 Å². The summed E-state index contributed by atoms with van der Waals surface area (Å²) < 4.78 is 0. The summed E-state index contributed by atoms with van der Waals surface area (Å²) in [5, 5.41) is 3.45. The molecule has 2 rings (SSSR count). The van der Waals surface area contributed by atoms with E-state index >= 15 is 0 Å². The fourth-order valence-electron chi connectivity index (χ4n) is 3.49. The molecule has 2 saturated heterocycles. The molecule has 2 heterocycles. The van der Waals surface area contributed by atoms with Crippen LogP contribution in [0.4, 0.5) is 0 Å². The first-order chi connectivity index (χ1) is 9.29. The summed E-state index contributed by atoms with van der Waals surface area (Å²) in [6.45, 7) is 22.5. The van der Waals surface area contributed by atoms with Crippen LogP contribution in [-0.2, 0) is 0 Å². The summed E-state index contributed by atoms with van der Waals surface area (Å²) in [6.07, 6.45) is 0. The fourth-order valence-corrected chi connectivity index (χ4v) is 3.49. The van der Waals surface area contributed by atoms with Crippen LogP contribution in [0.25, 0.3) is 0 Å². The summed E-state index contributed by atoms with van der Waals surface area (Å²) in [5.41, 5.74) is 0.617. The number of piperazine rings is 2. The largest absolute Gasteiger partial charge is 0.314 e.